The molecule has 440 valence electrons. The van der Waals surface area contributed by atoms with E-state index in [0.29, 0.717) is 19.3 Å². The van der Waals surface area contributed by atoms with E-state index < -0.39 is 6.10 Å². The average molecular weight is 1060 g/mol. The predicted octanol–water partition coefficient (Wildman–Crippen LogP) is 22.5. The summed E-state index contributed by atoms with van der Waals surface area (Å²) >= 11 is 0. The zero-order chi connectivity index (χ0) is 55.0. The molecule has 0 spiro atoms. The van der Waals surface area contributed by atoms with Gasteiger partial charge in [0.2, 0.25) is 0 Å². The van der Waals surface area contributed by atoms with Gasteiger partial charge in [-0.05, 0) is 70.6 Å². The van der Waals surface area contributed by atoms with E-state index in [4.69, 9.17) is 14.2 Å². The molecule has 0 aliphatic heterocycles. The van der Waals surface area contributed by atoms with Gasteiger partial charge in [-0.15, -0.1) is 0 Å². The van der Waals surface area contributed by atoms with Gasteiger partial charge in [0.25, 0.3) is 0 Å². The SMILES string of the molecule is CC/C=C\C/C=C\C/C=C\C/C=C\C/C=C\C/C=C\CCCCC(=O)OC(COC(=O)CCCCCCCCCCCCCC)COC(=O)CCCCCCCCCCCCCCCCCCCCCCCCCCC. The van der Waals surface area contributed by atoms with Gasteiger partial charge in [-0.25, -0.2) is 0 Å². The van der Waals surface area contributed by atoms with Crippen molar-refractivity contribution in [2.45, 2.75) is 341 Å². The minimum Gasteiger partial charge on any atom is -0.462 e. The topological polar surface area (TPSA) is 78.9 Å². The highest BCUT2D eigenvalue weighted by molar-refractivity contribution is 5.71. The predicted molar refractivity (Wildman–Crippen MR) is 330 cm³/mol. The van der Waals surface area contributed by atoms with Crippen LogP contribution in [0, 0.1) is 0 Å². The fourth-order valence-corrected chi connectivity index (χ4v) is 9.57. The van der Waals surface area contributed by atoms with E-state index in [1.807, 2.05) is 0 Å². The van der Waals surface area contributed by atoms with Crippen LogP contribution in [-0.4, -0.2) is 37.2 Å². The third-order valence-electron chi connectivity index (χ3n) is 14.5. The van der Waals surface area contributed by atoms with E-state index in [2.05, 4.69) is 93.7 Å². The molecule has 0 radical (unpaired) electrons. The van der Waals surface area contributed by atoms with Crippen LogP contribution in [0.2, 0.25) is 0 Å². The number of hydrogen-bond acceptors (Lipinski definition) is 6. The lowest BCUT2D eigenvalue weighted by Gasteiger charge is -2.18. The van der Waals surface area contributed by atoms with Crippen molar-refractivity contribution < 1.29 is 28.6 Å². The van der Waals surface area contributed by atoms with Gasteiger partial charge in [0, 0.05) is 19.3 Å². The second-order valence-electron chi connectivity index (χ2n) is 22.0. The van der Waals surface area contributed by atoms with E-state index in [-0.39, 0.29) is 37.5 Å². The Balaban J connectivity index is 4.31. The van der Waals surface area contributed by atoms with E-state index in [0.717, 1.165) is 89.9 Å². The number of carbonyl (C=O) groups excluding carboxylic acids is 3. The lowest BCUT2D eigenvalue weighted by atomic mass is 10.0. The molecule has 6 heteroatoms. The molecule has 0 saturated carbocycles. The van der Waals surface area contributed by atoms with E-state index in [9.17, 15) is 14.4 Å². The number of unbranched alkanes of at least 4 members (excludes halogenated alkanes) is 37. The quantitative estimate of drug-likeness (QED) is 0.0261. The summed E-state index contributed by atoms with van der Waals surface area (Å²) in [5.41, 5.74) is 0. The summed E-state index contributed by atoms with van der Waals surface area (Å²) in [6, 6.07) is 0. The van der Waals surface area contributed by atoms with Crippen LogP contribution in [0.5, 0.6) is 0 Å². The first-order valence-electron chi connectivity index (χ1n) is 32.9. The molecule has 0 rings (SSSR count). The molecule has 0 bridgehead atoms. The van der Waals surface area contributed by atoms with Gasteiger partial charge in [-0.3, -0.25) is 14.4 Å². The Hall–Kier alpha value is -3.15. The Morgan fingerprint density at radius 1 is 0.276 bits per heavy atom. The molecule has 0 aliphatic rings. The zero-order valence-electron chi connectivity index (χ0n) is 50.5. The highest BCUT2D eigenvalue weighted by Crippen LogP contribution is 2.18. The molecule has 0 saturated heterocycles. The molecule has 6 nitrogen and oxygen atoms in total. The number of allylic oxidation sites excluding steroid dienone is 12. The van der Waals surface area contributed by atoms with Gasteiger partial charge >= 0.3 is 17.9 Å². The van der Waals surface area contributed by atoms with Crippen LogP contribution in [-0.2, 0) is 28.6 Å². The molecule has 0 N–H and O–H groups in total. The Labute approximate surface area is 472 Å². The fraction of sp³-hybridized carbons (Fsp3) is 0.786. The number of rotatable bonds is 60. The van der Waals surface area contributed by atoms with E-state index in [1.165, 1.54) is 199 Å². The smallest absolute Gasteiger partial charge is 0.306 e. The van der Waals surface area contributed by atoms with Crippen LogP contribution >= 0.6 is 0 Å². The van der Waals surface area contributed by atoms with Gasteiger partial charge in [0.05, 0.1) is 0 Å². The molecule has 0 amide bonds. The highest BCUT2D eigenvalue weighted by Gasteiger charge is 2.19. The second-order valence-corrected chi connectivity index (χ2v) is 22.0. The van der Waals surface area contributed by atoms with Crippen molar-refractivity contribution in [1.29, 1.82) is 0 Å². The van der Waals surface area contributed by atoms with Gasteiger partial charge in [0.15, 0.2) is 6.10 Å². The molecular formula is C70H124O6. The third kappa shape index (κ3) is 61.7. The molecule has 76 heavy (non-hydrogen) atoms. The van der Waals surface area contributed by atoms with Crippen LogP contribution in [0.1, 0.15) is 335 Å². The van der Waals surface area contributed by atoms with Crippen molar-refractivity contribution in [3.05, 3.63) is 72.9 Å². The summed E-state index contributed by atoms with van der Waals surface area (Å²) in [6.45, 7) is 6.53. The van der Waals surface area contributed by atoms with Crippen molar-refractivity contribution >= 4 is 17.9 Å². The first-order valence-corrected chi connectivity index (χ1v) is 32.9. The normalized spacial score (nSPS) is 12.5. The monoisotopic (exact) mass is 1060 g/mol. The second kappa shape index (κ2) is 64.4. The third-order valence-corrected chi connectivity index (χ3v) is 14.5. The van der Waals surface area contributed by atoms with Crippen LogP contribution < -0.4 is 0 Å². The fourth-order valence-electron chi connectivity index (χ4n) is 9.57. The molecule has 1 unspecified atom stereocenters. The highest BCUT2D eigenvalue weighted by atomic mass is 16.6. The number of ether oxygens (including phenoxy) is 3. The maximum atomic E-state index is 12.9. The van der Waals surface area contributed by atoms with Crippen molar-refractivity contribution in [2.24, 2.45) is 0 Å². The summed E-state index contributed by atoms with van der Waals surface area (Å²) in [4.78, 5) is 38.3. The lowest BCUT2D eigenvalue weighted by Crippen LogP contribution is -2.30. The molecular weight excluding hydrogens is 937 g/mol. The lowest BCUT2D eigenvalue weighted by molar-refractivity contribution is -0.167. The number of carbonyl (C=O) groups is 3. The molecule has 1 atom stereocenters. The largest absolute Gasteiger partial charge is 0.462 e. The Morgan fingerprint density at radius 3 is 0.803 bits per heavy atom. The average Bonchev–Trinajstić information content (AvgIpc) is 3.42. The van der Waals surface area contributed by atoms with Crippen LogP contribution in [0.3, 0.4) is 0 Å². The van der Waals surface area contributed by atoms with E-state index >= 15 is 0 Å². The van der Waals surface area contributed by atoms with Gasteiger partial charge in [-0.2, -0.15) is 0 Å². The summed E-state index contributed by atoms with van der Waals surface area (Å²) in [7, 11) is 0. The van der Waals surface area contributed by atoms with E-state index in [1.54, 1.807) is 0 Å². The maximum absolute atomic E-state index is 12.9. The molecule has 0 aromatic rings. The molecule has 0 aromatic heterocycles. The first kappa shape index (κ1) is 72.8. The molecule has 0 fully saturated rings. The van der Waals surface area contributed by atoms with Crippen molar-refractivity contribution in [1.82, 2.24) is 0 Å². The summed E-state index contributed by atoms with van der Waals surface area (Å²) in [5.74, 6) is -0.915. The van der Waals surface area contributed by atoms with Crippen molar-refractivity contribution in [3.63, 3.8) is 0 Å². The van der Waals surface area contributed by atoms with Gasteiger partial charge in [-0.1, -0.05) is 318 Å². The minimum atomic E-state index is -0.796. The minimum absolute atomic E-state index is 0.0889. The Bertz CT molecular complexity index is 1400. The Kier molecular flexibility index (Phi) is 61.7. The first-order chi connectivity index (χ1) is 37.5. The Morgan fingerprint density at radius 2 is 0.513 bits per heavy atom. The maximum Gasteiger partial charge on any atom is 0.306 e. The number of hydrogen-bond donors (Lipinski definition) is 0. The zero-order valence-corrected chi connectivity index (χ0v) is 50.5. The molecule has 0 heterocycles. The van der Waals surface area contributed by atoms with Crippen molar-refractivity contribution in [2.75, 3.05) is 13.2 Å². The molecule has 0 aromatic carbocycles. The summed E-state index contributed by atoms with van der Waals surface area (Å²) in [5, 5.41) is 0. The summed E-state index contributed by atoms with van der Waals surface area (Å²) in [6.07, 6.45) is 83.5. The summed E-state index contributed by atoms with van der Waals surface area (Å²) < 4.78 is 16.9. The van der Waals surface area contributed by atoms with Crippen LogP contribution in [0.15, 0.2) is 72.9 Å². The number of esters is 3. The van der Waals surface area contributed by atoms with Crippen molar-refractivity contribution in [3.8, 4) is 0 Å². The van der Waals surface area contributed by atoms with Crippen LogP contribution in [0.4, 0.5) is 0 Å². The standard InChI is InChI=1S/C70H124O6/c1-4-7-10-13-16-19-22-25-27-29-31-33-34-35-36-38-39-41-43-45-48-51-54-57-60-63-69(72)75-66-67(65-74-68(71)62-59-56-53-50-47-24-21-18-15-12-9-6-3)76-70(73)64-61-58-55-52-49-46-44-42-40-37-32-30-28-26-23-20-17-14-11-8-5-2/h8,11,17,20,26,28,32,37,42,44,49,52,67H,4-7,9-10,12-16,18-19,21-25,27,29-31,33-36,38-41,43,45-48,50-51,53-66H2,1-3H3/b11-8-,20-17-,28-26-,37-32-,44-42-,52-49-. The van der Waals surface area contributed by atoms with Gasteiger partial charge in [0.1, 0.15) is 13.2 Å². The van der Waals surface area contributed by atoms with Gasteiger partial charge < -0.3 is 14.2 Å². The van der Waals surface area contributed by atoms with Crippen LogP contribution in [0.25, 0.3) is 0 Å². The molecule has 0 aliphatic carbocycles.